The molecule has 1 aromatic heterocycles. The molecule has 0 bridgehead atoms. The lowest BCUT2D eigenvalue weighted by Gasteiger charge is -2.26. The van der Waals surface area contributed by atoms with Crippen LogP contribution < -0.4 is 10.5 Å². The van der Waals surface area contributed by atoms with Crippen LogP contribution in [0.15, 0.2) is 18.3 Å². The molecule has 1 aromatic carbocycles. The number of nitrogen functional groups attached to an aromatic ring is 1. The Morgan fingerprint density at radius 1 is 1.43 bits per heavy atom. The minimum Gasteiger partial charge on any atom is -0.495 e. The Morgan fingerprint density at radius 3 is 2.90 bits per heavy atom. The van der Waals surface area contributed by atoms with Crippen molar-refractivity contribution in [3.05, 3.63) is 18.3 Å². The second-order valence-electron chi connectivity index (χ2n) is 4.97. The van der Waals surface area contributed by atoms with E-state index in [4.69, 9.17) is 15.2 Å². The molecular weight excluding hydrogens is 272 g/mol. The minimum absolute atomic E-state index is 0.0473. The lowest BCUT2D eigenvalue weighted by Crippen LogP contribution is -2.42. The second kappa shape index (κ2) is 5.61. The molecule has 7 heteroatoms. The molecule has 2 N–H and O–H groups in total. The standard InChI is InChI=1S/C14H18N4O3/c1-20-13-7-12-10(6-11(13)15)8-18(16-12)9-14(19)17-2-4-21-5-3-17/h6-8H,2-5,9,15H2,1H3. The third kappa shape index (κ3) is 2.78. The summed E-state index contributed by atoms with van der Waals surface area (Å²) in [6.45, 7) is 2.69. The molecule has 0 unspecified atom stereocenters. The smallest absolute Gasteiger partial charge is 0.244 e. The minimum atomic E-state index is 0.0473. The first-order chi connectivity index (χ1) is 10.2. The summed E-state index contributed by atoms with van der Waals surface area (Å²) in [5, 5.41) is 5.29. The SMILES string of the molecule is COc1cc2nn(CC(=O)N3CCOCC3)cc2cc1N. The molecule has 2 aromatic rings. The monoisotopic (exact) mass is 290 g/mol. The van der Waals surface area contributed by atoms with E-state index in [1.807, 2.05) is 6.20 Å². The number of morpholine rings is 1. The maximum atomic E-state index is 12.2. The summed E-state index contributed by atoms with van der Waals surface area (Å²) in [6, 6.07) is 3.58. The Balaban J connectivity index is 1.79. The fourth-order valence-corrected chi connectivity index (χ4v) is 2.43. The molecule has 21 heavy (non-hydrogen) atoms. The maximum absolute atomic E-state index is 12.2. The highest BCUT2D eigenvalue weighted by Crippen LogP contribution is 2.26. The fraction of sp³-hybridized carbons (Fsp3) is 0.429. The normalized spacial score (nSPS) is 15.4. The molecule has 1 aliphatic rings. The van der Waals surface area contributed by atoms with Crippen LogP contribution >= 0.6 is 0 Å². The number of benzene rings is 1. The average Bonchev–Trinajstić information content (AvgIpc) is 2.88. The van der Waals surface area contributed by atoms with E-state index in [9.17, 15) is 4.79 Å². The molecule has 0 radical (unpaired) electrons. The summed E-state index contributed by atoms with van der Waals surface area (Å²) >= 11 is 0. The van der Waals surface area contributed by atoms with Gasteiger partial charge in [0.15, 0.2) is 0 Å². The fourth-order valence-electron chi connectivity index (χ4n) is 2.43. The van der Waals surface area contributed by atoms with Crippen LogP contribution in [0.1, 0.15) is 0 Å². The van der Waals surface area contributed by atoms with Gasteiger partial charge in [-0.25, -0.2) is 0 Å². The van der Waals surface area contributed by atoms with Gasteiger partial charge < -0.3 is 20.1 Å². The molecule has 1 aliphatic heterocycles. The van der Waals surface area contributed by atoms with Crippen LogP contribution in [-0.2, 0) is 16.1 Å². The Labute approximate surface area is 122 Å². The number of methoxy groups -OCH3 is 1. The number of nitrogens with two attached hydrogens (primary N) is 1. The largest absolute Gasteiger partial charge is 0.495 e. The van der Waals surface area contributed by atoms with Crippen LogP contribution in [0, 0.1) is 0 Å². The quantitative estimate of drug-likeness (QED) is 0.832. The number of anilines is 1. The van der Waals surface area contributed by atoms with E-state index in [0.29, 0.717) is 37.7 Å². The summed E-state index contributed by atoms with van der Waals surface area (Å²) < 4.78 is 12.1. The molecule has 1 amide bonds. The lowest BCUT2D eigenvalue weighted by atomic mass is 10.2. The van der Waals surface area contributed by atoms with Crippen molar-refractivity contribution in [1.29, 1.82) is 0 Å². The van der Waals surface area contributed by atoms with Crippen LogP contribution in [0.4, 0.5) is 5.69 Å². The summed E-state index contributed by atoms with van der Waals surface area (Å²) in [6.07, 6.45) is 1.82. The van der Waals surface area contributed by atoms with Crippen molar-refractivity contribution in [2.24, 2.45) is 0 Å². The number of rotatable bonds is 3. The molecular formula is C14H18N4O3. The van der Waals surface area contributed by atoms with E-state index in [2.05, 4.69) is 5.10 Å². The van der Waals surface area contributed by atoms with Gasteiger partial charge in [-0.2, -0.15) is 5.10 Å². The molecule has 112 valence electrons. The molecule has 0 atom stereocenters. The van der Waals surface area contributed by atoms with Gasteiger partial charge in [-0.3, -0.25) is 9.48 Å². The van der Waals surface area contributed by atoms with Crippen LogP contribution in [0.5, 0.6) is 5.75 Å². The second-order valence-corrected chi connectivity index (χ2v) is 4.97. The first-order valence-corrected chi connectivity index (χ1v) is 6.83. The van der Waals surface area contributed by atoms with E-state index >= 15 is 0 Å². The molecule has 0 spiro atoms. The molecule has 1 fully saturated rings. The van der Waals surface area contributed by atoms with E-state index < -0.39 is 0 Å². The number of aromatic nitrogens is 2. The van der Waals surface area contributed by atoms with Crippen molar-refractivity contribution in [3.8, 4) is 5.75 Å². The lowest BCUT2D eigenvalue weighted by molar-refractivity contribution is -0.136. The van der Waals surface area contributed by atoms with Gasteiger partial charge >= 0.3 is 0 Å². The predicted octanol–water partition coefficient (Wildman–Crippen LogP) is 0.486. The highest BCUT2D eigenvalue weighted by Gasteiger charge is 2.17. The number of nitrogens with zero attached hydrogens (tertiary/aromatic N) is 3. The molecule has 0 aliphatic carbocycles. The number of hydrogen-bond donors (Lipinski definition) is 1. The van der Waals surface area contributed by atoms with Crippen LogP contribution in [0.25, 0.3) is 10.9 Å². The number of amides is 1. The molecule has 2 heterocycles. The van der Waals surface area contributed by atoms with Crippen molar-refractivity contribution < 1.29 is 14.3 Å². The zero-order valence-corrected chi connectivity index (χ0v) is 11.9. The third-order valence-corrected chi connectivity index (χ3v) is 3.56. The van der Waals surface area contributed by atoms with Gasteiger partial charge in [0, 0.05) is 30.7 Å². The third-order valence-electron chi connectivity index (χ3n) is 3.56. The molecule has 3 rings (SSSR count). The van der Waals surface area contributed by atoms with Crippen molar-refractivity contribution in [1.82, 2.24) is 14.7 Å². The molecule has 1 saturated heterocycles. The Kier molecular flexibility index (Phi) is 3.66. The number of carbonyl (C=O) groups excluding carboxylic acids is 1. The Morgan fingerprint density at radius 2 is 2.19 bits per heavy atom. The van der Waals surface area contributed by atoms with Gasteiger partial charge in [0.25, 0.3) is 0 Å². The van der Waals surface area contributed by atoms with Gasteiger partial charge in [0.2, 0.25) is 5.91 Å². The summed E-state index contributed by atoms with van der Waals surface area (Å²) in [5.41, 5.74) is 7.19. The topological polar surface area (TPSA) is 82.6 Å². The van der Waals surface area contributed by atoms with E-state index in [1.165, 1.54) is 0 Å². The van der Waals surface area contributed by atoms with Crippen molar-refractivity contribution in [3.63, 3.8) is 0 Å². The first-order valence-electron chi connectivity index (χ1n) is 6.83. The summed E-state index contributed by atoms with van der Waals surface area (Å²) in [5.74, 6) is 0.637. The molecule has 7 nitrogen and oxygen atoms in total. The van der Waals surface area contributed by atoms with Gasteiger partial charge in [0.05, 0.1) is 31.5 Å². The predicted molar refractivity (Wildman–Crippen MR) is 78.1 cm³/mol. The zero-order valence-electron chi connectivity index (χ0n) is 11.9. The highest BCUT2D eigenvalue weighted by atomic mass is 16.5. The molecule has 0 saturated carbocycles. The number of ether oxygens (including phenoxy) is 2. The van der Waals surface area contributed by atoms with E-state index in [-0.39, 0.29) is 12.5 Å². The van der Waals surface area contributed by atoms with Crippen LogP contribution in [-0.4, -0.2) is 54.0 Å². The van der Waals surface area contributed by atoms with Gasteiger partial charge in [-0.15, -0.1) is 0 Å². The number of fused-ring (bicyclic) bond motifs is 1. The summed E-state index contributed by atoms with van der Waals surface area (Å²) in [4.78, 5) is 14.0. The van der Waals surface area contributed by atoms with Gasteiger partial charge in [-0.05, 0) is 6.07 Å². The number of hydrogen-bond acceptors (Lipinski definition) is 5. The van der Waals surface area contributed by atoms with Crippen LogP contribution in [0.3, 0.4) is 0 Å². The highest BCUT2D eigenvalue weighted by molar-refractivity contribution is 5.85. The van der Waals surface area contributed by atoms with Crippen LogP contribution in [0.2, 0.25) is 0 Å². The van der Waals surface area contributed by atoms with E-state index in [1.54, 1.807) is 28.8 Å². The summed E-state index contributed by atoms with van der Waals surface area (Å²) in [7, 11) is 1.57. The number of carbonyl (C=O) groups is 1. The van der Waals surface area contributed by atoms with Crippen molar-refractivity contribution >= 4 is 22.5 Å². The average molecular weight is 290 g/mol. The zero-order chi connectivity index (χ0) is 14.8. The Hall–Kier alpha value is -2.28. The van der Waals surface area contributed by atoms with E-state index in [0.717, 1.165) is 10.9 Å². The first kappa shape index (κ1) is 13.7. The van der Waals surface area contributed by atoms with Crippen molar-refractivity contribution in [2.75, 3.05) is 39.1 Å². The van der Waals surface area contributed by atoms with Crippen molar-refractivity contribution in [2.45, 2.75) is 6.54 Å². The maximum Gasteiger partial charge on any atom is 0.244 e. The Bertz CT molecular complexity index is 662. The van der Waals surface area contributed by atoms with Gasteiger partial charge in [0.1, 0.15) is 12.3 Å². The van der Waals surface area contributed by atoms with Gasteiger partial charge in [-0.1, -0.05) is 0 Å².